The molecule has 0 bridgehead atoms. The summed E-state index contributed by atoms with van der Waals surface area (Å²) in [5.41, 5.74) is 2.35. The highest BCUT2D eigenvalue weighted by atomic mass is 16.6. The van der Waals surface area contributed by atoms with Gasteiger partial charge in [0.05, 0.1) is 4.92 Å². The number of anilines is 1. The minimum absolute atomic E-state index is 0.00793. The lowest BCUT2D eigenvalue weighted by molar-refractivity contribution is -0.384. The zero-order valence-electron chi connectivity index (χ0n) is 12.7. The molecule has 6 nitrogen and oxygen atoms in total. The zero-order chi connectivity index (χ0) is 16.6. The summed E-state index contributed by atoms with van der Waals surface area (Å²) < 4.78 is 0. The van der Waals surface area contributed by atoms with E-state index in [1.54, 1.807) is 25.1 Å². The van der Waals surface area contributed by atoms with Gasteiger partial charge in [-0.15, -0.1) is 0 Å². The van der Waals surface area contributed by atoms with Crippen LogP contribution in [0.15, 0.2) is 53.3 Å². The molecule has 0 radical (unpaired) electrons. The predicted octanol–water partition coefficient (Wildman–Crippen LogP) is 3.17. The number of fused-ring (bicyclic) bond motifs is 1. The monoisotopic (exact) mass is 309 g/mol. The normalized spacial score (nSPS) is 10.7. The fourth-order valence-electron chi connectivity index (χ4n) is 2.71. The lowest BCUT2D eigenvalue weighted by Gasteiger charge is -2.18. The second-order valence-corrected chi connectivity index (χ2v) is 5.43. The van der Waals surface area contributed by atoms with Crippen LogP contribution in [0.5, 0.6) is 0 Å². The molecule has 0 spiro atoms. The summed E-state index contributed by atoms with van der Waals surface area (Å²) in [4.78, 5) is 27.6. The van der Waals surface area contributed by atoms with Gasteiger partial charge >= 0.3 is 0 Å². The second kappa shape index (κ2) is 5.57. The number of hydrogen-bond acceptors (Lipinski definition) is 4. The standard InChI is InChI=1S/C17H15N3O3/c1-19(2)16-15(11-6-4-3-5-7-11)13-10-12(20(22)23)8-9-14(13)18-17(16)21/h3-10H,1-2H3,(H,18,21). The van der Waals surface area contributed by atoms with Crippen molar-refractivity contribution in [2.24, 2.45) is 0 Å². The van der Waals surface area contributed by atoms with Crippen LogP contribution in [0.25, 0.3) is 22.0 Å². The van der Waals surface area contributed by atoms with Crippen LogP contribution in [0.3, 0.4) is 0 Å². The number of H-pyrrole nitrogens is 1. The third kappa shape index (κ3) is 2.55. The topological polar surface area (TPSA) is 79.2 Å². The number of nitro benzene ring substituents is 1. The van der Waals surface area contributed by atoms with Crippen molar-refractivity contribution in [3.8, 4) is 11.1 Å². The summed E-state index contributed by atoms with van der Waals surface area (Å²) in [7, 11) is 3.56. The number of nitro groups is 1. The van der Waals surface area contributed by atoms with Crippen molar-refractivity contribution in [1.29, 1.82) is 0 Å². The Morgan fingerprint density at radius 3 is 2.39 bits per heavy atom. The van der Waals surface area contributed by atoms with Crippen LogP contribution in [0.4, 0.5) is 11.4 Å². The van der Waals surface area contributed by atoms with Crippen LogP contribution in [0, 0.1) is 10.1 Å². The van der Waals surface area contributed by atoms with Crippen LogP contribution < -0.4 is 10.5 Å². The first-order valence-corrected chi connectivity index (χ1v) is 7.06. The number of nitrogens with zero attached hydrogens (tertiary/aromatic N) is 2. The first kappa shape index (κ1) is 14.8. The maximum Gasteiger partial charge on any atom is 0.272 e. The summed E-state index contributed by atoms with van der Waals surface area (Å²) in [5, 5.41) is 11.7. The van der Waals surface area contributed by atoms with Crippen molar-refractivity contribution in [2.45, 2.75) is 0 Å². The van der Waals surface area contributed by atoms with Crippen molar-refractivity contribution in [3.63, 3.8) is 0 Å². The van der Waals surface area contributed by atoms with Gasteiger partial charge in [0.2, 0.25) is 0 Å². The van der Waals surface area contributed by atoms with E-state index < -0.39 is 4.92 Å². The van der Waals surface area contributed by atoms with E-state index in [4.69, 9.17) is 0 Å². The largest absolute Gasteiger partial charge is 0.373 e. The summed E-state index contributed by atoms with van der Waals surface area (Å²) >= 11 is 0. The summed E-state index contributed by atoms with van der Waals surface area (Å²) in [6, 6.07) is 13.9. The predicted molar refractivity (Wildman–Crippen MR) is 91.0 cm³/mol. The molecule has 0 fully saturated rings. The number of benzene rings is 2. The molecule has 3 aromatic rings. The molecule has 0 aliphatic rings. The Labute approximate surface area is 132 Å². The van der Waals surface area contributed by atoms with Crippen LogP contribution in [-0.2, 0) is 0 Å². The first-order chi connectivity index (χ1) is 11.0. The van der Waals surface area contributed by atoms with Crippen molar-refractivity contribution in [1.82, 2.24) is 4.98 Å². The van der Waals surface area contributed by atoms with E-state index in [0.717, 1.165) is 5.56 Å². The molecule has 3 rings (SSSR count). The molecule has 23 heavy (non-hydrogen) atoms. The Balaban J connectivity index is 2.49. The van der Waals surface area contributed by atoms with Crippen LogP contribution in [-0.4, -0.2) is 24.0 Å². The third-order valence-electron chi connectivity index (χ3n) is 3.69. The Kier molecular flexibility index (Phi) is 3.57. The Hall–Kier alpha value is -3.15. The minimum atomic E-state index is -0.436. The van der Waals surface area contributed by atoms with Crippen LogP contribution in [0.2, 0.25) is 0 Å². The van der Waals surface area contributed by atoms with Crippen molar-refractivity contribution in [3.05, 3.63) is 69.0 Å². The molecule has 1 heterocycles. The van der Waals surface area contributed by atoms with Crippen molar-refractivity contribution >= 4 is 22.3 Å². The zero-order valence-corrected chi connectivity index (χ0v) is 12.7. The van der Waals surface area contributed by atoms with Gasteiger partial charge in [0.1, 0.15) is 5.69 Å². The molecule has 0 amide bonds. The maximum atomic E-state index is 12.5. The van der Waals surface area contributed by atoms with Crippen molar-refractivity contribution in [2.75, 3.05) is 19.0 Å². The molecule has 116 valence electrons. The molecule has 0 saturated carbocycles. The number of aromatic nitrogens is 1. The molecule has 0 atom stereocenters. The number of hydrogen-bond donors (Lipinski definition) is 1. The lowest BCUT2D eigenvalue weighted by atomic mass is 9.98. The molecule has 2 aromatic carbocycles. The summed E-state index contributed by atoms with van der Waals surface area (Å²) in [6.07, 6.45) is 0. The highest BCUT2D eigenvalue weighted by Crippen LogP contribution is 2.35. The molecule has 0 aliphatic carbocycles. The average Bonchev–Trinajstić information content (AvgIpc) is 2.53. The van der Waals surface area contributed by atoms with E-state index in [1.165, 1.54) is 12.1 Å². The van der Waals surface area contributed by atoms with Gasteiger partial charge in [0, 0.05) is 42.7 Å². The maximum absolute atomic E-state index is 12.5. The average molecular weight is 309 g/mol. The molecule has 6 heteroatoms. The van der Waals surface area contributed by atoms with Gasteiger partial charge < -0.3 is 9.88 Å². The third-order valence-corrected chi connectivity index (χ3v) is 3.69. The summed E-state index contributed by atoms with van der Waals surface area (Å²) in [5.74, 6) is 0. The van der Waals surface area contributed by atoms with E-state index in [0.29, 0.717) is 22.2 Å². The SMILES string of the molecule is CN(C)c1c(-c2ccccc2)c2cc([N+](=O)[O-])ccc2[nH]c1=O. The molecule has 1 aromatic heterocycles. The van der Waals surface area contributed by atoms with Gasteiger partial charge in [-0.3, -0.25) is 14.9 Å². The van der Waals surface area contributed by atoms with E-state index in [1.807, 2.05) is 30.3 Å². The number of aromatic amines is 1. The lowest BCUT2D eigenvalue weighted by Crippen LogP contribution is -2.22. The Morgan fingerprint density at radius 2 is 1.78 bits per heavy atom. The molecular formula is C17H15N3O3. The molecule has 0 saturated heterocycles. The molecule has 0 unspecified atom stereocenters. The van der Waals surface area contributed by atoms with E-state index in [2.05, 4.69) is 4.98 Å². The number of non-ortho nitro benzene ring substituents is 1. The highest BCUT2D eigenvalue weighted by molar-refractivity contribution is 6.01. The fraction of sp³-hybridized carbons (Fsp3) is 0.118. The van der Waals surface area contributed by atoms with Gasteiger partial charge in [-0.1, -0.05) is 30.3 Å². The van der Waals surface area contributed by atoms with Gasteiger partial charge in [-0.25, -0.2) is 0 Å². The van der Waals surface area contributed by atoms with Crippen molar-refractivity contribution < 1.29 is 4.92 Å². The first-order valence-electron chi connectivity index (χ1n) is 7.06. The minimum Gasteiger partial charge on any atom is -0.373 e. The van der Waals surface area contributed by atoms with Crippen LogP contribution >= 0.6 is 0 Å². The highest BCUT2D eigenvalue weighted by Gasteiger charge is 2.18. The van der Waals surface area contributed by atoms with E-state index >= 15 is 0 Å². The van der Waals surface area contributed by atoms with E-state index in [9.17, 15) is 14.9 Å². The van der Waals surface area contributed by atoms with Crippen LogP contribution in [0.1, 0.15) is 0 Å². The smallest absolute Gasteiger partial charge is 0.272 e. The molecule has 0 aliphatic heterocycles. The molecule has 1 N–H and O–H groups in total. The fourth-order valence-corrected chi connectivity index (χ4v) is 2.71. The Morgan fingerprint density at radius 1 is 1.09 bits per heavy atom. The summed E-state index contributed by atoms with van der Waals surface area (Å²) in [6.45, 7) is 0. The number of nitrogens with one attached hydrogen (secondary N) is 1. The van der Waals surface area contributed by atoms with Gasteiger partial charge in [0.25, 0.3) is 11.2 Å². The number of pyridine rings is 1. The number of rotatable bonds is 3. The Bertz CT molecular complexity index is 946. The van der Waals surface area contributed by atoms with E-state index in [-0.39, 0.29) is 11.2 Å². The molecular weight excluding hydrogens is 294 g/mol. The van der Waals surface area contributed by atoms with Gasteiger partial charge in [-0.2, -0.15) is 0 Å². The quantitative estimate of drug-likeness (QED) is 0.595. The van der Waals surface area contributed by atoms with Gasteiger partial charge in [0.15, 0.2) is 0 Å². The second-order valence-electron chi connectivity index (χ2n) is 5.43. The van der Waals surface area contributed by atoms with Gasteiger partial charge in [-0.05, 0) is 11.6 Å².